The van der Waals surface area contributed by atoms with Gasteiger partial charge in [-0.15, -0.1) is 12.4 Å². The molecule has 1 aliphatic rings. The first-order valence-corrected chi connectivity index (χ1v) is 6.58. The molecule has 1 aliphatic heterocycles. The van der Waals surface area contributed by atoms with E-state index in [0.717, 1.165) is 18.5 Å². The third-order valence-corrected chi connectivity index (χ3v) is 3.63. The second-order valence-corrected chi connectivity index (χ2v) is 5.14. The molecular weight excluding hydrogens is 262 g/mol. The highest BCUT2D eigenvalue weighted by Crippen LogP contribution is 2.16. The van der Waals surface area contributed by atoms with Crippen LogP contribution in [0, 0.1) is 5.92 Å². The Bertz CT molecular complexity index is 389. The van der Waals surface area contributed by atoms with E-state index in [0.29, 0.717) is 18.4 Å². The van der Waals surface area contributed by atoms with Crippen LogP contribution in [-0.2, 0) is 11.2 Å². The van der Waals surface area contributed by atoms with E-state index < -0.39 is 0 Å². The lowest BCUT2D eigenvalue weighted by Gasteiger charge is -2.36. The van der Waals surface area contributed by atoms with Crippen LogP contribution in [0.15, 0.2) is 24.5 Å². The summed E-state index contributed by atoms with van der Waals surface area (Å²) >= 11 is 0. The van der Waals surface area contributed by atoms with Gasteiger partial charge in [-0.1, -0.05) is 13.0 Å². The molecule has 2 N–H and O–H groups in total. The number of hydrogen-bond acceptors (Lipinski definition) is 3. The number of hydrogen-bond donors (Lipinski definition) is 2. The van der Waals surface area contributed by atoms with Crippen LogP contribution in [0.1, 0.15) is 25.8 Å². The quantitative estimate of drug-likeness (QED) is 0.885. The average molecular weight is 284 g/mol. The molecular formula is C14H22ClN3O. The minimum atomic E-state index is 0. The van der Waals surface area contributed by atoms with Gasteiger partial charge in [-0.25, -0.2) is 0 Å². The van der Waals surface area contributed by atoms with Crippen molar-refractivity contribution in [3.05, 3.63) is 30.1 Å². The zero-order chi connectivity index (χ0) is 13.0. The first kappa shape index (κ1) is 15.9. The predicted molar refractivity (Wildman–Crippen MR) is 78.4 cm³/mol. The van der Waals surface area contributed by atoms with Crippen LogP contribution in [0.5, 0.6) is 0 Å². The van der Waals surface area contributed by atoms with Crippen molar-refractivity contribution in [2.75, 3.05) is 6.54 Å². The summed E-state index contributed by atoms with van der Waals surface area (Å²) in [5.41, 5.74) is 0.957. The van der Waals surface area contributed by atoms with Crippen molar-refractivity contribution in [1.82, 2.24) is 15.6 Å². The lowest BCUT2D eigenvalue weighted by atomic mass is 9.89. The maximum Gasteiger partial charge on any atom is 0.224 e. The largest absolute Gasteiger partial charge is 0.351 e. The van der Waals surface area contributed by atoms with Crippen molar-refractivity contribution in [3.63, 3.8) is 0 Å². The average Bonchev–Trinajstić information content (AvgIpc) is 2.35. The molecule has 3 unspecified atom stereocenters. The number of rotatable bonds is 3. The summed E-state index contributed by atoms with van der Waals surface area (Å²) in [7, 11) is 0. The van der Waals surface area contributed by atoms with E-state index >= 15 is 0 Å². The zero-order valence-corrected chi connectivity index (χ0v) is 12.2. The Morgan fingerprint density at radius 2 is 2.32 bits per heavy atom. The molecule has 0 aliphatic carbocycles. The van der Waals surface area contributed by atoms with Crippen molar-refractivity contribution in [2.45, 2.75) is 38.8 Å². The van der Waals surface area contributed by atoms with Gasteiger partial charge in [-0.2, -0.15) is 0 Å². The summed E-state index contributed by atoms with van der Waals surface area (Å²) in [5.74, 6) is 0.606. The molecule has 1 saturated heterocycles. The summed E-state index contributed by atoms with van der Waals surface area (Å²) in [6, 6.07) is 4.35. The number of carbonyl (C=O) groups is 1. The molecule has 4 nitrogen and oxygen atoms in total. The van der Waals surface area contributed by atoms with Gasteiger partial charge in [-0.3, -0.25) is 9.78 Å². The highest BCUT2D eigenvalue weighted by atomic mass is 35.5. The summed E-state index contributed by atoms with van der Waals surface area (Å²) in [5, 5.41) is 6.54. The second kappa shape index (κ2) is 7.46. The SMILES string of the molecule is CC1CCNC(C)C1NC(=O)Cc1cccnc1.Cl. The van der Waals surface area contributed by atoms with Crippen molar-refractivity contribution in [3.8, 4) is 0 Å². The monoisotopic (exact) mass is 283 g/mol. The maximum atomic E-state index is 12.0. The van der Waals surface area contributed by atoms with Crippen LogP contribution in [-0.4, -0.2) is 29.5 Å². The molecule has 1 aromatic heterocycles. The molecule has 0 radical (unpaired) electrons. The van der Waals surface area contributed by atoms with E-state index in [1.165, 1.54) is 0 Å². The number of pyridine rings is 1. The van der Waals surface area contributed by atoms with Crippen LogP contribution in [0.3, 0.4) is 0 Å². The number of piperidine rings is 1. The Hall–Kier alpha value is -1.13. The summed E-state index contributed by atoms with van der Waals surface area (Å²) in [4.78, 5) is 16.0. The van der Waals surface area contributed by atoms with Gasteiger partial charge < -0.3 is 10.6 Å². The number of halogens is 1. The molecule has 0 aromatic carbocycles. The van der Waals surface area contributed by atoms with Gasteiger partial charge >= 0.3 is 0 Å². The van der Waals surface area contributed by atoms with Gasteiger partial charge in [0, 0.05) is 24.5 Å². The molecule has 19 heavy (non-hydrogen) atoms. The van der Waals surface area contributed by atoms with E-state index in [9.17, 15) is 4.79 Å². The summed E-state index contributed by atoms with van der Waals surface area (Å²) < 4.78 is 0. The minimum absolute atomic E-state index is 0. The molecule has 5 heteroatoms. The fourth-order valence-corrected chi connectivity index (χ4v) is 2.53. The van der Waals surface area contributed by atoms with Gasteiger partial charge in [-0.05, 0) is 37.4 Å². The smallest absolute Gasteiger partial charge is 0.224 e. The number of carbonyl (C=O) groups excluding carboxylic acids is 1. The molecule has 106 valence electrons. The summed E-state index contributed by atoms with van der Waals surface area (Å²) in [6.07, 6.45) is 4.98. The third kappa shape index (κ3) is 4.48. The lowest BCUT2D eigenvalue weighted by Crippen LogP contribution is -2.56. The molecule has 2 rings (SSSR count). The number of nitrogens with zero attached hydrogens (tertiary/aromatic N) is 1. The zero-order valence-electron chi connectivity index (χ0n) is 11.4. The standard InChI is InChI=1S/C14H21N3O.ClH/c1-10-5-7-16-11(2)14(10)17-13(18)8-12-4-3-6-15-9-12;/h3-4,6,9-11,14,16H,5,7-8H2,1-2H3,(H,17,18);1H. The molecule has 2 heterocycles. The Labute approximate surface area is 120 Å². The van der Waals surface area contributed by atoms with Gasteiger partial charge in [0.2, 0.25) is 5.91 Å². The third-order valence-electron chi connectivity index (χ3n) is 3.63. The highest BCUT2D eigenvalue weighted by Gasteiger charge is 2.28. The highest BCUT2D eigenvalue weighted by molar-refractivity contribution is 5.85. The van der Waals surface area contributed by atoms with Crippen LogP contribution in [0.4, 0.5) is 0 Å². The molecule has 0 saturated carbocycles. The molecule has 1 fully saturated rings. The molecule has 3 atom stereocenters. The Kier molecular flexibility index (Phi) is 6.25. The van der Waals surface area contributed by atoms with Crippen molar-refractivity contribution < 1.29 is 4.79 Å². The Morgan fingerprint density at radius 3 is 2.95 bits per heavy atom. The van der Waals surface area contributed by atoms with Gasteiger partial charge in [0.1, 0.15) is 0 Å². The van der Waals surface area contributed by atoms with Crippen LogP contribution >= 0.6 is 12.4 Å². The van der Waals surface area contributed by atoms with Gasteiger partial charge in [0.15, 0.2) is 0 Å². The molecule has 0 bridgehead atoms. The maximum absolute atomic E-state index is 12.0. The van der Waals surface area contributed by atoms with Crippen molar-refractivity contribution >= 4 is 18.3 Å². The fourth-order valence-electron chi connectivity index (χ4n) is 2.53. The molecule has 1 amide bonds. The van der Waals surface area contributed by atoms with E-state index in [4.69, 9.17) is 0 Å². The van der Waals surface area contributed by atoms with Gasteiger partial charge in [0.25, 0.3) is 0 Å². The number of nitrogens with one attached hydrogen (secondary N) is 2. The minimum Gasteiger partial charge on any atom is -0.351 e. The topological polar surface area (TPSA) is 54.0 Å². The van der Waals surface area contributed by atoms with E-state index in [1.54, 1.807) is 12.4 Å². The van der Waals surface area contributed by atoms with E-state index in [2.05, 4.69) is 29.5 Å². The first-order chi connectivity index (χ1) is 8.66. The van der Waals surface area contributed by atoms with Crippen molar-refractivity contribution in [1.29, 1.82) is 0 Å². The van der Waals surface area contributed by atoms with E-state index in [1.807, 2.05) is 12.1 Å². The van der Waals surface area contributed by atoms with Crippen LogP contribution in [0.2, 0.25) is 0 Å². The fraction of sp³-hybridized carbons (Fsp3) is 0.571. The van der Waals surface area contributed by atoms with Crippen molar-refractivity contribution in [2.24, 2.45) is 5.92 Å². The van der Waals surface area contributed by atoms with Gasteiger partial charge in [0.05, 0.1) is 6.42 Å². The number of amides is 1. The summed E-state index contributed by atoms with van der Waals surface area (Å²) in [6.45, 7) is 5.37. The second-order valence-electron chi connectivity index (χ2n) is 5.14. The molecule has 0 spiro atoms. The Morgan fingerprint density at radius 1 is 1.53 bits per heavy atom. The predicted octanol–water partition coefficient (Wildman–Crippen LogP) is 1.55. The van der Waals surface area contributed by atoms with E-state index in [-0.39, 0.29) is 24.4 Å². The van der Waals surface area contributed by atoms with Crippen LogP contribution < -0.4 is 10.6 Å². The Balaban J connectivity index is 0.00000180. The van der Waals surface area contributed by atoms with Crippen LogP contribution in [0.25, 0.3) is 0 Å². The normalized spacial score (nSPS) is 26.3. The number of aromatic nitrogens is 1. The lowest BCUT2D eigenvalue weighted by molar-refractivity contribution is -0.121. The molecule has 1 aromatic rings. The first-order valence-electron chi connectivity index (χ1n) is 6.58.